The first-order valence-corrected chi connectivity index (χ1v) is 14.4. The number of sulfonamides is 1. The summed E-state index contributed by atoms with van der Waals surface area (Å²) in [6, 6.07) is 15.2. The maximum absolute atomic E-state index is 12.8. The van der Waals surface area contributed by atoms with Crippen molar-refractivity contribution in [2.24, 2.45) is 5.92 Å². The van der Waals surface area contributed by atoms with Crippen molar-refractivity contribution in [3.8, 4) is 0 Å². The molecular weight excluding hydrogens is 502 g/mol. The third kappa shape index (κ3) is 6.83. The average molecular weight is 538 g/mol. The Hall–Kier alpha value is -3.59. The smallest absolute Gasteiger partial charge is 0.306 e. The molecule has 1 aliphatic heterocycles. The Labute approximate surface area is 224 Å². The molecule has 2 heterocycles. The number of rotatable bonds is 8. The number of carbonyl (C=O) groups is 2. The summed E-state index contributed by atoms with van der Waals surface area (Å²) < 4.78 is 29.8. The van der Waals surface area contributed by atoms with Crippen LogP contribution in [0.3, 0.4) is 0 Å². The van der Waals surface area contributed by atoms with Crippen LogP contribution in [0.2, 0.25) is 0 Å². The van der Waals surface area contributed by atoms with Crippen molar-refractivity contribution in [2.75, 3.05) is 23.6 Å². The standard InChI is InChI=1S/C29H35N3O5S/c1-29(2,3)24-8-6-21(7-9-24)5-4-18-38(36,37)30-25-10-11-26-23(19-25)14-17-32(26)20-27(33)31-15-12-22(13-16-31)28(34)35/h4-11,14,17,19,22,30H,12-13,15-16,18,20H2,1-3H3,(H,34,35). The van der Waals surface area contributed by atoms with Crippen molar-refractivity contribution in [2.45, 2.75) is 45.6 Å². The first-order valence-electron chi connectivity index (χ1n) is 12.8. The number of carboxylic acid groups (broad SMARTS) is 1. The van der Waals surface area contributed by atoms with Gasteiger partial charge in [-0.2, -0.15) is 0 Å². The van der Waals surface area contributed by atoms with Crippen molar-refractivity contribution in [1.82, 2.24) is 9.47 Å². The lowest BCUT2D eigenvalue weighted by Crippen LogP contribution is -2.41. The highest BCUT2D eigenvalue weighted by molar-refractivity contribution is 7.92. The number of nitrogens with one attached hydrogen (secondary N) is 1. The number of nitrogens with zero attached hydrogens (tertiary/aromatic N) is 2. The summed E-state index contributed by atoms with van der Waals surface area (Å²) in [7, 11) is -3.59. The zero-order chi connectivity index (χ0) is 27.5. The van der Waals surface area contributed by atoms with Gasteiger partial charge in [-0.05, 0) is 53.6 Å². The third-order valence-corrected chi connectivity index (χ3v) is 8.13. The van der Waals surface area contributed by atoms with E-state index < -0.39 is 16.0 Å². The number of hydrogen-bond donors (Lipinski definition) is 2. The van der Waals surface area contributed by atoms with Crippen LogP contribution in [0, 0.1) is 5.92 Å². The van der Waals surface area contributed by atoms with Crippen LogP contribution >= 0.6 is 0 Å². The molecule has 1 aliphatic rings. The minimum absolute atomic E-state index is 0.0593. The number of amides is 1. The summed E-state index contributed by atoms with van der Waals surface area (Å²) in [5.74, 6) is -1.40. The molecule has 8 nitrogen and oxygen atoms in total. The van der Waals surface area contributed by atoms with Gasteiger partial charge in [0.15, 0.2) is 0 Å². The van der Waals surface area contributed by atoms with Crippen LogP contribution < -0.4 is 4.72 Å². The van der Waals surface area contributed by atoms with Gasteiger partial charge in [0.2, 0.25) is 15.9 Å². The molecule has 1 saturated heterocycles. The molecule has 0 atom stereocenters. The second-order valence-electron chi connectivity index (χ2n) is 10.9. The second-order valence-corrected chi connectivity index (χ2v) is 12.6. The number of likely N-dealkylation sites (tertiary alicyclic amines) is 1. The van der Waals surface area contributed by atoms with Crippen LogP contribution in [0.15, 0.2) is 60.8 Å². The minimum Gasteiger partial charge on any atom is -0.481 e. The molecular formula is C29H35N3O5S. The number of carboxylic acids is 1. The number of aromatic nitrogens is 1. The molecule has 1 amide bonds. The fourth-order valence-electron chi connectivity index (χ4n) is 4.65. The number of benzene rings is 2. The molecule has 9 heteroatoms. The van der Waals surface area contributed by atoms with E-state index in [-0.39, 0.29) is 29.5 Å². The first-order chi connectivity index (χ1) is 17.9. The molecule has 1 aromatic heterocycles. The van der Waals surface area contributed by atoms with Crippen molar-refractivity contribution in [1.29, 1.82) is 0 Å². The molecule has 0 unspecified atom stereocenters. The summed E-state index contributed by atoms with van der Waals surface area (Å²) in [6.07, 6.45) is 6.17. The van der Waals surface area contributed by atoms with E-state index in [0.29, 0.717) is 31.6 Å². The quantitative estimate of drug-likeness (QED) is 0.432. The van der Waals surface area contributed by atoms with Gasteiger partial charge in [0.1, 0.15) is 6.54 Å². The van der Waals surface area contributed by atoms with E-state index in [2.05, 4.69) is 37.6 Å². The number of anilines is 1. The maximum atomic E-state index is 12.8. The Kier molecular flexibility index (Phi) is 7.97. The highest BCUT2D eigenvalue weighted by atomic mass is 32.2. The first kappa shape index (κ1) is 27.4. The van der Waals surface area contributed by atoms with Gasteiger partial charge in [0, 0.05) is 35.9 Å². The predicted molar refractivity (Wildman–Crippen MR) is 150 cm³/mol. The Morgan fingerprint density at radius 3 is 2.37 bits per heavy atom. The van der Waals surface area contributed by atoms with Crippen molar-refractivity contribution >= 4 is 44.6 Å². The molecule has 0 aliphatic carbocycles. The van der Waals surface area contributed by atoms with Crippen molar-refractivity contribution in [3.63, 3.8) is 0 Å². The largest absolute Gasteiger partial charge is 0.481 e. The van der Waals surface area contributed by atoms with E-state index in [1.165, 1.54) is 5.56 Å². The molecule has 3 aromatic rings. The highest BCUT2D eigenvalue weighted by Crippen LogP contribution is 2.24. The molecule has 0 saturated carbocycles. The summed E-state index contributed by atoms with van der Waals surface area (Å²) in [4.78, 5) is 25.6. The van der Waals surface area contributed by atoms with Gasteiger partial charge in [-0.15, -0.1) is 0 Å². The van der Waals surface area contributed by atoms with E-state index in [4.69, 9.17) is 5.11 Å². The summed E-state index contributed by atoms with van der Waals surface area (Å²) >= 11 is 0. The summed E-state index contributed by atoms with van der Waals surface area (Å²) in [6.45, 7) is 7.48. The molecule has 2 N–H and O–H groups in total. The van der Waals surface area contributed by atoms with Crippen LogP contribution in [0.1, 0.15) is 44.7 Å². The number of hydrogen-bond acceptors (Lipinski definition) is 4. The molecule has 0 radical (unpaired) electrons. The lowest BCUT2D eigenvalue weighted by molar-refractivity contribution is -0.145. The SMILES string of the molecule is CC(C)(C)c1ccc(C=CCS(=O)(=O)Nc2ccc3c(ccn3CC(=O)N3CCC(C(=O)O)CC3)c2)cc1. The van der Waals surface area contributed by atoms with Crippen LogP contribution in [0.25, 0.3) is 17.0 Å². The van der Waals surface area contributed by atoms with Gasteiger partial charge < -0.3 is 14.6 Å². The highest BCUT2D eigenvalue weighted by Gasteiger charge is 2.27. The number of carbonyl (C=O) groups excluding carboxylic acids is 1. The van der Waals surface area contributed by atoms with Gasteiger partial charge in [0.05, 0.1) is 11.7 Å². The van der Waals surface area contributed by atoms with E-state index in [1.54, 1.807) is 41.4 Å². The Morgan fingerprint density at radius 2 is 1.74 bits per heavy atom. The molecule has 2 aromatic carbocycles. The minimum atomic E-state index is -3.59. The average Bonchev–Trinajstić information content (AvgIpc) is 3.25. The normalized spacial score (nSPS) is 15.3. The molecule has 0 bridgehead atoms. The third-order valence-electron chi connectivity index (χ3n) is 6.95. The number of aliphatic carboxylic acids is 1. The van der Waals surface area contributed by atoms with Crippen molar-refractivity contribution < 1.29 is 23.1 Å². The Bertz CT molecular complexity index is 1440. The van der Waals surface area contributed by atoms with Crippen molar-refractivity contribution in [3.05, 3.63) is 71.9 Å². The molecule has 1 fully saturated rings. The van der Waals surface area contributed by atoms with E-state index in [0.717, 1.165) is 16.5 Å². The zero-order valence-corrected chi connectivity index (χ0v) is 22.9. The van der Waals surface area contributed by atoms with Crippen LogP contribution in [0.5, 0.6) is 0 Å². The van der Waals surface area contributed by atoms with Crippen LogP contribution in [0.4, 0.5) is 5.69 Å². The van der Waals surface area contributed by atoms with Gasteiger partial charge in [-0.25, -0.2) is 8.42 Å². The predicted octanol–water partition coefficient (Wildman–Crippen LogP) is 4.72. The zero-order valence-electron chi connectivity index (χ0n) is 22.1. The topological polar surface area (TPSA) is 109 Å². The Balaban J connectivity index is 1.35. The van der Waals surface area contributed by atoms with E-state index in [9.17, 15) is 18.0 Å². The lowest BCUT2D eigenvalue weighted by atomic mass is 9.87. The summed E-state index contributed by atoms with van der Waals surface area (Å²) in [5, 5.41) is 9.97. The monoisotopic (exact) mass is 537 g/mol. The van der Waals surface area contributed by atoms with Gasteiger partial charge in [-0.3, -0.25) is 14.3 Å². The summed E-state index contributed by atoms with van der Waals surface area (Å²) in [5.41, 5.74) is 3.50. The van der Waals surface area contributed by atoms with Gasteiger partial charge in [0.25, 0.3) is 0 Å². The van der Waals surface area contributed by atoms with Gasteiger partial charge >= 0.3 is 5.97 Å². The van der Waals surface area contributed by atoms with Crippen LogP contribution in [-0.2, 0) is 31.6 Å². The maximum Gasteiger partial charge on any atom is 0.306 e. The van der Waals surface area contributed by atoms with Gasteiger partial charge in [-0.1, -0.05) is 57.2 Å². The lowest BCUT2D eigenvalue weighted by Gasteiger charge is -2.30. The van der Waals surface area contributed by atoms with Crippen LogP contribution in [-0.4, -0.2) is 53.7 Å². The Morgan fingerprint density at radius 1 is 1.05 bits per heavy atom. The van der Waals surface area contributed by atoms with E-state index >= 15 is 0 Å². The number of piperidine rings is 1. The molecule has 38 heavy (non-hydrogen) atoms. The molecule has 0 spiro atoms. The van der Waals surface area contributed by atoms with E-state index in [1.807, 2.05) is 22.8 Å². The fourth-order valence-corrected chi connectivity index (χ4v) is 5.57. The second kappa shape index (κ2) is 11.0. The molecule has 202 valence electrons. The number of fused-ring (bicyclic) bond motifs is 1. The fraction of sp³-hybridized carbons (Fsp3) is 0.379. The molecule has 4 rings (SSSR count).